The van der Waals surface area contributed by atoms with Crippen LogP contribution < -0.4 is 4.74 Å². The van der Waals surface area contributed by atoms with E-state index in [1.807, 2.05) is 12.1 Å². The first-order chi connectivity index (χ1) is 8.34. The minimum atomic E-state index is 0.399. The summed E-state index contributed by atoms with van der Waals surface area (Å²) < 4.78 is 5.74. The van der Waals surface area contributed by atoms with Gasteiger partial charge in [0, 0.05) is 5.56 Å². The van der Waals surface area contributed by atoms with E-state index in [0.717, 1.165) is 36.5 Å². The van der Waals surface area contributed by atoms with E-state index >= 15 is 0 Å². The molecule has 2 heterocycles. The highest BCUT2D eigenvalue weighted by atomic mass is 35.5. The third kappa shape index (κ3) is 1.98. The van der Waals surface area contributed by atoms with Gasteiger partial charge in [-0.25, -0.2) is 4.98 Å². The zero-order chi connectivity index (χ0) is 11.7. The molecule has 0 spiro atoms. The van der Waals surface area contributed by atoms with Crippen molar-refractivity contribution in [2.75, 3.05) is 6.61 Å². The Morgan fingerprint density at radius 1 is 1.24 bits per heavy atom. The lowest BCUT2D eigenvalue weighted by molar-refractivity contribution is 0.289. The fourth-order valence-electron chi connectivity index (χ4n) is 2.06. The molecule has 1 aromatic heterocycles. The highest BCUT2D eigenvalue weighted by Crippen LogP contribution is 2.35. The molecule has 3 rings (SSSR count). The van der Waals surface area contributed by atoms with Crippen LogP contribution in [-0.2, 0) is 6.42 Å². The molecule has 0 amide bonds. The number of hydrogen-bond acceptors (Lipinski definition) is 3. The number of benzene rings is 1. The van der Waals surface area contributed by atoms with Crippen LogP contribution in [0.15, 0.2) is 30.6 Å². The van der Waals surface area contributed by atoms with Crippen molar-refractivity contribution in [2.24, 2.45) is 0 Å². The Labute approximate surface area is 104 Å². The van der Waals surface area contributed by atoms with Crippen LogP contribution in [-0.4, -0.2) is 16.6 Å². The molecule has 1 aliphatic rings. The van der Waals surface area contributed by atoms with Gasteiger partial charge >= 0.3 is 0 Å². The number of aromatic nitrogens is 2. The molecule has 0 atom stereocenters. The summed E-state index contributed by atoms with van der Waals surface area (Å²) >= 11 is 5.86. The van der Waals surface area contributed by atoms with E-state index in [0.29, 0.717) is 5.15 Å². The smallest absolute Gasteiger partial charge is 0.148 e. The second kappa shape index (κ2) is 4.34. The monoisotopic (exact) mass is 246 g/mol. The summed E-state index contributed by atoms with van der Waals surface area (Å²) in [5.41, 5.74) is 2.96. The Hall–Kier alpha value is -1.61. The lowest BCUT2D eigenvalue weighted by atomic mass is 10.0. The minimum absolute atomic E-state index is 0.399. The lowest BCUT2D eigenvalue weighted by Crippen LogP contribution is -2.09. The number of nitrogens with zero attached hydrogens (tertiary/aromatic N) is 2. The molecule has 0 bridgehead atoms. The molecule has 0 N–H and O–H groups in total. The number of hydrogen-bond donors (Lipinski definition) is 0. The summed E-state index contributed by atoms with van der Waals surface area (Å²) in [7, 11) is 0. The standard InChI is InChI=1S/C13H11ClN2O/c14-12-8-15-7-11(16-12)10-5-1-3-9-4-2-6-17-13(9)10/h1,3,5,7-8H,2,4,6H2. The van der Waals surface area contributed by atoms with Crippen molar-refractivity contribution in [1.29, 1.82) is 0 Å². The van der Waals surface area contributed by atoms with Crippen LogP contribution in [0, 0.1) is 0 Å². The quantitative estimate of drug-likeness (QED) is 0.776. The van der Waals surface area contributed by atoms with Gasteiger partial charge in [-0.1, -0.05) is 23.7 Å². The summed E-state index contributed by atoms with van der Waals surface area (Å²) in [5.74, 6) is 0.926. The van der Waals surface area contributed by atoms with Gasteiger partial charge in [-0.15, -0.1) is 0 Å². The van der Waals surface area contributed by atoms with E-state index in [4.69, 9.17) is 16.3 Å². The SMILES string of the molecule is Clc1cncc(-c2cccc3c2OCCC3)n1. The van der Waals surface area contributed by atoms with E-state index in [-0.39, 0.29) is 0 Å². The number of ether oxygens (including phenoxy) is 1. The Morgan fingerprint density at radius 2 is 2.18 bits per heavy atom. The topological polar surface area (TPSA) is 35.0 Å². The van der Waals surface area contributed by atoms with Crippen LogP contribution in [0.4, 0.5) is 0 Å². The maximum absolute atomic E-state index is 5.86. The Kier molecular flexibility index (Phi) is 2.69. The van der Waals surface area contributed by atoms with E-state index in [2.05, 4.69) is 16.0 Å². The number of fused-ring (bicyclic) bond motifs is 1. The van der Waals surface area contributed by atoms with Crippen molar-refractivity contribution in [3.8, 4) is 17.0 Å². The van der Waals surface area contributed by atoms with Gasteiger partial charge in [-0.3, -0.25) is 4.98 Å². The van der Waals surface area contributed by atoms with Crippen LogP contribution >= 0.6 is 11.6 Å². The molecule has 0 fully saturated rings. The van der Waals surface area contributed by atoms with Gasteiger partial charge in [0.1, 0.15) is 10.9 Å². The van der Waals surface area contributed by atoms with Gasteiger partial charge in [0.05, 0.1) is 24.7 Å². The fourth-order valence-corrected chi connectivity index (χ4v) is 2.21. The van der Waals surface area contributed by atoms with Gasteiger partial charge in [0.2, 0.25) is 0 Å². The normalized spacial score (nSPS) is 13.9. The first-order valence-corrected chi connectivity index (χ1v) is 5.95. The molecule has 17 heavy (non-hydrogen) atoms. The average Bonchev–Trinajstić information content (AvgIpc) is 2.38. The molecule has 4 heteroatoms. The van der Waals surface area contributed by atoms with Gasteiger partial charge < -0.3 is 4.74 Å². The van der Waals surface area contributed by atoms with Crippen molar-refractivity contribution in [1.82, 2.24) is 9.97 Å². The van der Waals surface area contributed by atoms with Gasteiger partial charge in [-0.2, -0.15) is 0 Å². The summed E-state index contributed by atoms with van der Waals surface area (Å²) in [6.45, 7) is 0.762. The average molecular weight is 247 g/mol. The Balaban J connectivity index is 2.14. The van der Waals surface area contributed by atoms with E-state index < -0.39 is 0 Å². The van der Waals surface area contributed by atoms with Gasteiger partial charge in [0.15, 0.2) is 0 Å². The van der Waals surface area contributed by atoms with Crippen LogP contribution in [0.5, 0.6) is 5.75 Å². The molecule has 3 nitrogen and oxygen atoms in total. The largest absolute Gasteiger partial charge is 0.493 e. The predicted molar refractivity (Wildman–Crippen MR) is 66.3 cm³/mol. The molecular formula is C13H11ClN2O. The highest BCUT2D eigenvalue weighted by molar-refractivity contribution is 6.29. The molecule has 2 aromatic rings. The van der Waals surface area contributed by atoms with Crippen molar-refractivity contribution >= 4 is 11.6 Å². The zero-order valence-corrected chi connectivity index (χ0v) is 9.94. The van der Waals surface area contributed by atoms with Crippen molar-refractivity contribution < 1.29 is 4.74 Å². The number of aryl methyl sites for hydroxylation is 1. The van der Waals surface area contributed by atoms with Crippen molar-refractivity contribution in [2.45, 2.75) is 12.8 Å². The summed E-state index contributed by atoms with van der Waals surface area (Å²) in [6.07, 6.45) is 5.36. The summed E-state index contributed by atoms with van der Waals surface area (Å²) in [4.78, 5) is 8.33. The summed E-state index contributed by atoms with van der Waals surface area (Å²) in [6, 6.07) is 6.10. The van der Waals surface area contributed by atoms with Crippen LogP contribution in [0.25, 0.3) is 11.3 Å². The fraction of sp³-hybridized carbons (Fsp3) is 0.231. The van der Waals surface area contributed by atoms with Crippen LogP contribution in [0.1, 0.15) is 12.0 Å². The molecule has 0 aliphatic carbocycles. The molecule has 1 aromatic carbocycles. The Morgan fingerprint density at radius 3 is 3.06 bits per heavy atom. The van der Waals surface area contributed by atoms with Crippen LogP contribution in [0.3, 0.4) is 0 Å². The third-order valence-corrected chi connectivity index (χ3v) is 3.00. The minimum Gasteiger partial charge on any atom is -0.493 e. The maximum Gasteiger partial charge on any atom is 0.148 e. The first kappa shape index (κ1) is 10.5. The molecule has 0 radical (unpaired) electrons. The maximum atomic E-state index is 5.86. The summed E-state index contributed by atoms with van der Waals surface area (Å²) in [5, 5.41) is 0.399. The highest BCUT2D eigenvalue weighted by Gasteiger charge is 2.16. The van der Waals surface area contributed by atoms with Crippen LogP contribution in [0.2, 0.25) is 5.15 Å². The molecular weight excluding hydrogens is 236 g/mol. The van der Waals surface area contributed by atoms with Gasteiger partial charge in [0.25, 0.3) is 0 Å². The zero-order valence-electron chi connectivity index (χ0n) is 9.19. The molecule has 1 aliphatic heterocycles. The predicted octanol–water partition coefficient (Wildman–Crippen LogP) is 3.12. The lowest BCUT2D eigenvalue weighted by Gasteiger charge is -2.19. The van der Waals surface area contributed by atoms with E-state index in [9.17, 15) is 0 Å². The Bertz CT molecular complexity index is 557. The number of para-hydroxylation sites is 1. The van der Waals surface area contributed by atoms with E-state index in [1.54, 1.807) is 6.20 Å². The molecule has 0 unspecified atom stereocenters. The molecule has 0 saturated heterocycles. The van der Waals surface area contributed by atoms with Crippen molar-refractivity contribution in [3.05, 3.63) is 41.3 Å². The molecule has 86 valence electrons. The number of halogens is 1. The van der Waals surface area contributed by atoms with Gasteiger partial charge in [-0.05, 0) is 24.5 Å². The molecule has 0 saturated carbocycles. The second-order valence-corrected chi connectivity index (χ2v) is 4.36. The van der Waals surface area contributed by atoms with Crippen molar-refractivity contribution in [3.63, 3.8) is 0 Å². The second-order valence-electron chi connectivity index (χ2n) is 3.97. The van der Waals surface area contributed by atoms with E-state index in [1.165, 1.54) is 11.8 Å². The third-order valence-electron chi connectivity index (χ3n) is 2.81. The number of rotatable bonds is 1. The first-order valence-electron chi connectivity index (χ1n) is 5.57.